The molecular weight excluding hydrogens is 174 g/mol. The molecule has 0 saturated heterocycles. The second-order valence-corrected chi connectivity index (χ2v) is 2.97. The third kappa shape index (κ3) is 1.27. The maximum Gasteiger partial charge on any atom is 0.110 e. The van der Waals surface area contributed by atoms with Gasteiger partial charge in [-0.1, -0.05) is 12.1 Å². The maximum absolute atomic E-state index is 8.92. The van der Waals surface area contributed by atoms with Crippen LogP contribution in [0, 0.1) is 18.3 Å². The van der Waals surface area contributed by atoms with Crippen molar-refractivity contribution < 1.29 is 0 Å². The average Bonchev–Trinajstić information content (AvgIpc) is 2.64. The van der Waals surface area contributed by atoms with Crippen LogP contribution < -0.4 is 0 Å². The molecule has 3 heteroatoms. The lowest BCUT2D eigenvalue weighted by Crippen LogP contribution is -1.97. The smallest absolute Gasteiger partial charge is 0.110 e. The first-order valence-corrected chi connectivity index (χ1v) is 4.32. The van der Waals surface area contributed by atoms with Crippen LogP contribution in [0.1, 0.15) is 11.4 Å². The highest BCUT2D eigenvalue weighted by atomic mass is 15.1. The van der Waals surface area contributed by atoms with Gasteiger partial charge < -0.3 is 4.57 Å². The zero-order valence-corrected chi connectivity index (χ0v) is 7.81. The van der Waals surface area contributed by atoms with Crippen molar-refractivity contribution in [1.29, 1.82) is 5.26 Å². The molecule has 0 N–H and O–H groups in total. The number of benzene rings is 1. The summed E-state index contributed by atoms with van der Waals surface area (Å²) in [7, 11) is 0. The predicted molar refractivity (Wildman–Crippen MR) is 53.0 cm³/mol. The largest absolute Gasteiger partial charge is 0.303 e. The lowest BCUT2D eigenvalue weighted by Gasteiger charge is -2.05. The van der Waals surface area contributed by atoms with Gasteiger partial charge in [0, 0.05) is 12.4 Å². The molecule has 3 nitrogen and oxygen atoms in total. The van der Waals surface area contributed by atoms with Gasteiger partial charge in [-0.2, -0.15) is 5.26 Å². The van der Waals surface area contributed by atoms with E-state index >= 15 is 0 Å². The van der Waals surface area contributed by atoms with Crippen LogP contribution >= 0.6 is 0 Å². The quantitative estimate of drug-likeness (QED) is 0.679. The van der Waals surface area contributed by atoms with Crippen molar-refractivity contribution >= 4 is 0 Å². The van der Waals surface area contributed by atoms with Crippen LogP contribution in [-0.2, 0) is 0 Å². The van der Waals surface area contributed by atoms with Gasteiger partial charge in [0.25, 0.3) is 0 Å². The average molecular weight is 183 g/mol. The molecule has 0 aliphatic heterocycles. The van der Waals surface area contributed by atoms with Crippen molar-refractivity contribution in [1.82, 2.24) is 9.55 Å². The van der Waals surface area contributed by atoms with E-state index in [0.29, 0.717) is 5.56 Å². The van der Waals surface area contributed by atoms with Crippen molar-refractivity contribution in [3.05, 3.63) is 48.0 Å². The van der Waals surface area contributed by atoms with E-state index in [4.69, 9.17) is 5.26 Å². The van der Waals surface area contributed by atoms with Crippen LogP contribution in [0.2, 0.25) is 0 Å². The topological polar surface area (TPSA) is 41.6 Å². The number of imidazole rings is 1. The predicted octanol–water partition coefficient (Wildman–Crippen LogP) is 2.05. The third-order valence-corrected chi connectivity index (χ3v) is 2.11. The van der Waals surface area contributed by atoms with E-state index in [1.807, 2.05) is 35.9 Å². The number of para-hydroxylation sites is 1. The van der Waals surface area contributed by atoms with E-state index in [2.05, 4.69) is 11.1 Å². The van der Waals surface area contributed by atoms with Crippen molar-refractivity contribution in [2.75, 3.05) is 0 Å². The van der Waals surface area contributed by atoms with E-state index in [0.717, 1.165) is 11.5 Å². The van der Waals surface area contributed by atoms with Crippen LogP contribution in [-0.4, -0.2) is 9.55 Å². The van der Waals surface area contributed by atoms with Crippen molar-refractivity contribution in [2.24, 2.45) is 0 Å². The molecule has 0 radical (unpaired) electrons. The molecule has 14 heavy (non-hydrogen) atoms. The zero-order chi connectivity index (χ0) is 9.97. The Labute approximate surface area is 82.2 Å². The van der Waals surface area contributed by atoms with E-state index in [-0.39, 0.29) is 0 Å². The Kier molecular flexibility index (Phi) is 2.04. The van der Waals surface area contributed by atoms with Crippen LogP contribution in [0.5, 0.6) is 0 Å². The molecule has 0 bridgehead atoms. The molecule has 1 aromatic heterocycles. The second-order valence-electron chi connectivity index (χ2n) is 2.97. The fraction of sp³-hybridized carbons (Fsp3) is 0.0909. The highest BCUT2D eigenvalue weighted by Crippen LogP contribution is 2.14. The van der Waals surface area contributed by atoms with Gasteiger partial charge in [-0.05, 0) is 19.1 Å². The molecule has 1 aromatic carbocycles. The normalized spacial score (nSPS) is 9.71. The minimum Gasteiger partial charge on any atom is -0.303 e. The highest BCUT2D eigenvalue weighted by Gasteiger charge is 2.04. The number of hydrogen-bond acceptors (Lipinski definition) is 2. The first-order chi connectivity index (χ1) is 6.83. The number of aromatic nitrogens is 2. The molecule has 0 amide bonds. The SMILES string of the molecule is Cc1nccn1-c1ccccc1C#N. The maximum atomic E-state index is 8.92. The number of aryl methyl sites for hydroxylation is 1. The summed E-state index contributed by atoms with van der Waals surface area (Å²) in [5, 5.41) is 8.92. The highest BCUT2D eigenvalue weighted by molar-refractivity contribution is 5.49. The van der Waals surface area contributed by atoms with Crippen LogP contribution in [0.3, 0.4) is 0 Å². The number of nitriles is 1. The number of rotatable bonds is 1. The Morgan fingerprint density at radius 1 is 1.36 bits per heavy atom. The molecule has 0 aliphatic carbocycles. The fourth-order valence-corrected chi connectivity index (χ4v) is 1.41. The van der Waals surface area contributed by atoms with Gasteiger partial charge in [0.15, 0.2) is 0 Å². The van der Waals surface area contributed by atoms with Gasteiger partial charge in [-0.3, -0.25) is 0 Å². The van der Waals surface area contributed by atoms with Gasteiger partial charge >= 0.3 is 0 Å². The minimum absolute atomic E-state index is 0.661. The monoisotopic (exact) mass is 183 g/mol. The molecule has 0 fully saturated rings. The Morgan fingerprint density at radius 2 is 2.14 bits per heavy atom. The van der Waals surface area contributed by atoms with Gasteiger partial charge in [-0.25, -0.2) is 4.98 Å². The summed E-state index contributed by atoms with van der Waals surface area (Å²) in [6, 6.07) is 9.64. The Balaban J connectivity index is 2.64. The Bertz CT molecular complexity index is 491. The fourth-order valence-electron chi connectivity index (χ4n) is 1.41. The van der Waals surface area contributed by atoms with Crippen LogP contribution in [0.4, 0.5) is 0 Å². The molecule has 0 unspecified atom stereocenters. The summed E-state index contributed by atoms with van der Waals surface area (Å²) in [6.07, 6.45) is 3.58. The molecule has 1 heterocycles. The van der Waals surface area contributed by atoms with Crippen LogP contribution in [0.25, 0.3) is 5.69 Å². The van der Waals surface area contributed by atoms with Crippen molar-refractivity contribution in [3.8, 4) is 11.8 Å². The summed E-state index contributed by atoms with van der Waals surface area (Å²) >= 11 is 0. The van der Waals surface area contributed by atoms with E-state index in [9.17, 15) is 0 Å². The van der Waals surface area contributed by atoms with Gasteiger partial charge in [0.2, 0.25) is 0 Å². The molecule has 0 aliphatic rings. The number of hydrogen-bond donors (Lipinski definition) is 0. The van der Waals surface area contributed by atoms with Crippen molar-refractivity contribution in [3.63, 3.8) is 0 Å². The first kappa shape index (κ1) is 8.52. The third-order valence-electron chi connectivity index (χ3n) is 2.11. The van der Waals surface area contributed by atoms with Crippen LogP contribution in [0.15, 0.2) is 36.7 Å². The molecule has 68 valence electrons. The lowest BCUT2D eigenvalue weighted by molar-refractivity contribution is 0.971. The Morgan fingerprint density at radius 3 is 2.79 bits per heavy atom. The summed E-state index contributed by atoms with van der Waals surface area (Å²) < 4.78 is 1.90. The summed E-state index contributed by atoms with van der Waals surface area (Å²) in [6.45, 7) is 1.91. The molecular formula is C11H9N3. The van der Waals surface area contributed by atoms with E-state index in [1.165, 1.54) is 0 Å². The Hall–Kier alpha value is -2.08. The molecule has 2 aromatic rings. The zero-order valence-electron chi connectivity index (χ0n) is 7.81. The summed E-state index contributed by atoms with van der Waals surface area (Å²) in [4.78, 5) is 4.12. The second kappa shape index (κ2) is 3.35. The van der Waals surface area contributed by atoms with Gasteiger partial charge in [0.05, 0.1) is 11.3 Å². The lowest BCUT2D eigenvalue weighted by atomic mass is 10.2. The standard InChI is InChI=1S/C11H9N3/c1-9-13-6-7-14(9)11-5-3-2-4-10(11)8-12/h2-7H,1H3. The molecule has 0 saturated carbocycles. The van der Waals surface area contributed by atoms with Gasteiger partial charge in [0.1, 0.15) is 11.9 Å². The minimum atomic E-state index is 0.661. The molecule has 2 rings (SSSR count). The summed E-state index contributed by atoms with van der Waals surface area (Å²) in [5.74, 6) is 0.882. The van der Waals surface area contributed by atoms with Crippen molar-refractivity contribution in [2.45, 2.75) is 6.92 Å². The summed E-state index contributed by atoms with van der Waals surface area (Å²) in [5.41, 5.74) is 1.54. The molecule has 0 spiro atoms. The van der Waals surface area contributed by atoms with E-state index < -0.39 is 0 Å². The first-order valence-electron chi connectivity index (χ1n) is 4.32. The van der Waals surface area contributed by atoms with Gasteiger partial charge in [-0.15, -0.1) is 0 Å². The number of nitrogens with zero attached hydrogens (tertiary/aromatic N) is 3. The molecule has 0 atom stereocenters. The van der Waals surface area contributed by atoms with E-state index in [1.54, 1.807) is 12.3 Å².